The van der Waals surface area contributed by atoms with Crippen molar-refractivity contribution in [2.24, 2.45) is 0 Å². The highest BCUT2D eigenvalue weighted by molar-refractivity contribution is 14.1. The molecule has 0 heterocycles. The highest BCUT2D eigenvalue weighted by atomic mass is 127. The lowest BCUT2D eigenvalue weighted by atomic mass is 10.1. The van der Waals surface area contributed by atoms with Gasteiger partial charge >= 0.3 is 0 Å². The van der Waals surface area contributed by atoms with Gasteiger partial charge in [0.05, 0.1) is 0 Å². The minimum Gasteiger partial charge on any atom is -0.379 e. The summed E-state index contributed by atoms with van der Waals surface area (Å²) >= 11 is 2.32. The molecule has 1 unspecified atom stereocenters. The van der Waals surface area contributed by atoms with Crippen molar-refractivity contribution < 1.29 is 0 Å². The van der Waals surface area contributed by atoms with Crippen LogP contribution in [0.3, 0.4) is 0 Å². The van der Waals surface area contributed by atoms with Crippen LogP contribution in [-0.2, 0) is 0 Å². The van der Waals surface area contributed by atoms with E-state index in [0.717, 1.165) is 0 Å². The molecular weight excluding hydrogens is 321 g/mol. The summed E-state index contributed by atoms with van der Waals surface area (Å²) in [7, 11) is 0. The molecule has 0 aliphatic carbocycles. The Bertz CT molecular complexity index is 491. The van der Waals surface area contributed by atoms with E-state index in [2.05, 4.69) is 90.3 Å². The lowest BCUT2D eigenvalue weighted by Crippen LogP contribution is -2.06. The van der Waals surface area contributed by atoms with Crippen molar-refractivity contribution in [1.29, 1.82) is 0 Å². The van der Waals surface area contributed by atoms with Crippen LogP contribution in [-0.4, -0.2) is 0 Å². The number of halogens is 1. The fourth-order valence-electron chi connectivity index (χ4n) is 1.82. The van der Waals surface area contributed by atoms with Gasteiger partial charge in [0.2, 0.25) is 0 Å². The van der Waals surface area contributed by atoms with Crippen molar-refractivity contribution in [2.75, 3.05) is 5.32 Å². The summed E-state index contributed by atoms with van der Waals surface area (Å²) in [4.78, 5) is 0. The maximum absolute atomic E-state index is 3.51. The van der Waals surface area contributed by atoms with Crippen molar-refractivity contribution in [1.82, 2.24) is 0 Å². The molecule has 17 heavy (non-hydrogen) atoms. The number of hydrogen-bond acceptors (Lipinski definition) is 1. The van der Waals surface area contributed by atoms with E-state index in [-0.39, 0.29) is 0 Å². The van der Waals surface area contributed by atoms with Crippen LogP contribution in [0.15, 0.2) is 48.5 Å². The first-order valence-electron chi connectivity index (χ1n) is 5.74. The third kappa shape index (κ3) is 3.46. The molecule has 0 saturated carbocycles. The minimum absolute atomic E-state index is 0.329. The molecule has 2 rings (SSSR count). The van der Waals surface area contributed by atoms with Gasteiger partial charge in [-0.3, -0.25) is 0 Å². The molecule has 0 radical (unpaired) electrons. The van der Waals surface area contributed by atoms with Crippen LogP contribution in [0, 0.1) is 10.5 Å². The molecule has 0 amide bonds. The molecule has 0 bridgehead atoms. The quantitative estimate of drug-likeness (QED) is 0.796. The summed E-state index contributed by atoms with van der Waals surface area (Å²) in [6.45, 7) is 4.31. The van der Waals surface area contributed by atoms with E-state index >= 15 is 0 Å². The highest BCUT2D eigenvalue weighted by Crippen LogP contribution is 2.20. The van der Waals surface area contributed by atoms with Gasteiger partial charge in [-0.25, -0.2) is 0 Å². The maximum Gasteiger partial charge on any atom is 0.0485 e. The van der Waals surface area contributed by atoms with E-state index in [4.69, 9.17) is 0 Å². The van der Waals surface area contributed by atoms with E-state index in [9.17, 15) is 0 Å². The van der Waals surface area contributed by atoms with Crippen LogP contribution in [0.25, 0.3) is 0 Å². The molecular formula is C15H16IN. The second-order valence-corrected chi connectivity index (χ2v) is 5.53. The SMILES string of the molecule is Cc1cccc(C(C)Nc2ccc(I)cc2)c1. The zero-order chi connectivity index (χ0) is 12.3. The molecule has 2 heteroatoms. The van der Waals surface area contributed by atoms with Crippen LogP contribution in [0.5, 0.6) is 0 Å². The fraction of sp³-hybridized carbons (Fsp3) is 0.200. The Morgan fingerprint density at radius 1 is 1.06 bits per heavy atom. The lowest BCUT2D eigenvalue weighted by Gasteiger charge is -2.16. The predicted octanol–water partition coefficient (Wildman–Crippen LogP) is 4.77. The smallest absolute Gasteiger partial charge is 0.0485 e. The monoisotopic (exact) mass is 337 g/mol. The summed E-state index contributed by atoms with van der Waals surface area (Å²) in [5, 5.41) is 3.51. The number of aryl methyl sites for hydroxylation is 1. The Morgan fingerprint density at radius 3 is 2.41 bits per heavy atom. The summed E-state index contributed by atoms with van der Waals surface area (Å²) in [6, 6.07) is 17.4. The molecule has 2 aromatic carbocycles. The third-order valence-electron chi connectivity index (χ3n) is 2.77. The largest absolute Gasteiger partial charge is 0.379 e. The molecule has 0 aromatic heterocycles. The number of anilines is 1. The summed E-state index contributed by atoms with van der Waals surface area (Å²) < 4.78 is 1.26. The van der Waals surface area contributed by atoms with Crippen molar-refractivity contribution in [3.63, 3.8) is 0 Å². The summed E-state index contributed by atoms with van der Waals surface area (Å²) in [6.07, 6.45) is 0. The number of rotatable bonds is 3. The van der Waals surface area contributed by atoms with Crippen LogP contribution in [0.2, 0.25) is 0 Å². The van der Waals surface area contributed by atoms with E-state index in [0.29, 0.717) is 6.04 Å². The van der Waals surface area contributed by atoms with Gasteiger partial charge in [-0.1, -0.05) is 29.8 Å². The average molecular weight is 337 g/mol. The van der Waals surface area contributed by atoms with Crippen molar-refractivity contribution >= 4 is 28.3 Å². The van der Waals surface area contributed by atoms with Gasteiger partial charge in [0.15, 0.2) is 0 Å². The average Bonchev–Trinajstić information content (AvgIpc) is 2.32. The second-order valence-electron chi connectivity index (χ2n) is 4.29. The van der Waals surface area contributed by atoms with Gasteiger partial charge in [0.1, 0.15) is 0 Å². The van der Waals surface area contributed by atoms with Gasteiger partial charge in [0.25, 0.3) is 0 Å². The zero-order valence-corrected chi connectivity index (χ0v) is 12.2. The van der Waals surface area contributed by atoms with Gasteiger partial charge in [0, 0.05) is 15.3 Å². The number of nitrogens with one attached hydrogen (secondary N) is 1. The second kappa shape index (κ2) is 5.54. The molecule has 1 atom stereocenters. The maximum atomic E-state index is 3.51. The van der Waals surface area contributed by atoms with Crippen molar-refractivity contribution in [3.05, 3.63) is 63.2 Å². The first kappa shape index (κ1) is 12.4. The molecule has 0 aliphatic heterocycles. The van der Waals surface area contributed by atoms with Gasteiger partial charge in [-0.2, -0.15) is 0 Å². The van der Waals surface area contributed by atoms with Crippen LogP contribution in [0.4, 0.5) is 5.69 Å². The molecule has 0 spiro atoms. The van der Waals surface area contributed by atoms with Crippen LogP contribution < -0.4 is 5.32 Å². The van der Waals surface area contributed by atoms with E-state index in [1.54, 1.807) is 0 Å². The number of benzene rings is 2. The Hall–Kier alpha value is -1.03. The third-order valence-corrected chi connectivity index (χ3v) is 3.49. The van der Waals surface area contributed by atoms with Crippen molar-refractivity contribution in [3.8, 4) is 0 Å². The molecule has 0 aliphatic rings. The molecule has 1 nitrogen and oxygen atoms in total. The Kier molecular flexibility index (Phi) is 4.05. The topological polar surface area (TPSA) is 12.0 Å². The molecule has 0 fully saturated rings. The molecule has 0 saturated heterocycles. The Balaban J connectivity index is 2.11. The molecule has 1 N–H and O–H groups in total. The normalized spacial score (nSPS) is 12.2. The van der Waals surface area contributed by atoms with Gasteiger partial charge < -0.3 is 5.32 Å². The fourth-order valence-corrected chi connectivity index (χ4v) is 2.18. The Labute approximate surface area is 116 Å². The standard InChI is InChI=1S/C15H16IN/c1-11-4-3-5-13(10-11)12(2)17-15-8-6-14(16)7-9-15/h3-10,12,17H,1-2H3. The van der Waals surface area contributed by atoms with Crippen molar-refractivity contribution in [2.45, 2.75) is 19.9 Å². The van der Waals surface area contributed by atoms with E-state index in [1.165, 1.54) is 20.4 Å². The summed E-state index contributed by atoms with van der Waals surface area (Å²) in [5.41, 5.74) is 3.79. The van der Waals surface area contributed by atoms with E-state index in [1.807, 2.05) is 0 Å². The van der Waals surface area contributed by atoms with Crippen LogP contribution >= 0.6 is 22.6 Å². The van der Waals surface area contributed by atoms with Crippen LogP contribution in [0.1, 0.15) is 24.1 Å². The Morgan fingerprint density at radius 2 is 1.76 bits per heavy atom. The molecule has 88 valence electrons. The predicted molar refractivity (Wildman–Crippen MR) is 82.4 cm³/mol. The lowest BCUT2D eigenvalue weighted by molar-refractivity contribution is 0.883. The van der Waals surface area contributed by atoms with Gasteiger partial charge in [-0.15, -0.1) is 0 Å². The number of hydrogen-bond donors (Lipinski definition) is 1. The first-order valence-corrected chi connectivity index (χ1v) is 6.82. The molecule has 2 aromatic rings. The highest BCUT2D eigenvalue weighted by Gasteiger charge is 2.04. The van der Waals surface area contributed by atoms with Gasteiger partial charge in [-0.05, 0) is 66.3 Å². The zero-order valence-electron chi connectivity index (χ0n) is 10.1. The van der Waals surface area contributed by atoms with E-state index < -0.39 is 0 Å². The summed E-state index contributed by atoms with van der Waals surface area (Å²) in [5.74, 6) is 0. The minimum atomic E-state index is 0.329. The first-order chi connectivity index (χ1) is 8.15.